The number of aromatic nitrogens is 4. The van der Waals surface area contributed by atoms with E-state index in [1.807, 2.05) is 6.92 Å². The molecule has 0 aliphatic carbocycles. The monoisotopic (exact) mass is 282 g/mol. The zero-order valence-electron chi connectivity index (χ0n) is 7.88. The zero-order chi connectivity index (χ0) is 10.7. The Kier molecular flexibility index (Phi) is 3.27. The molecule has 0 bridgehead atoms. The number of rotatable bonds is 2. The minimum absolute atomic E-state index is 0.681. The Balaban J connectivity index is 2.22. The molecule has 0 radical (unpaired) electrons. The van der Waals surface area contributed by atoms with E-state index in [1.54, 1.807) is 18.6 Å². The lowest BCUT2D eigenvalue weighted by Gasteiger charge is -2.00. The van der Waals surface area contributed by atoms with Crippen LogP contribution < -0.4 is 0 Å². The van der Waals surface area contributed by atoms with Gasteiger partial charge in [0.2, 0.25) is 0 Å². The summed E-state index contributed by atoms with van der Waals surface area (Å²) in [5, 5.41) is 1.49. The summed E-state index contributed by atoms with van der Waals surface area (Å²) < 4.78 is 0.846. The highest BCUT2D eigenvalue weighted by Gasteiger charge is 2.05. The standard InChI is InChI=1S/C9H7BrN4S/c1-6-2-12-9(13-3-6)15-8-7(10)4-11-5-14-8/h2-5H,1H3. The van der Waals surface area contributed by atoms with Gasteiger partial charge in [-0.1, -0.05) is 0 Å². The van der Waals surface area contributed by atoms with Gasteiger partial charge in [0.05, 0.1) is 4.47 Å². The van der Waals surface area contributed by atoms with E-state index in [2.05, 4.69) is 35.9 Å². The van der Waals surface area contributed by atoms with Crippen molar-refractivity contribution in [3.8, 4) is 0 Å². The second-order valence-electron chi connectivity index (χ2n) is 2.82. The van der Waals surface area contributed by atoms with Crippen LogP contribution in [0.15, 0.2) is 39.6 Å². The maximum Gasteiger partial charge on any atom is 0.193 e. The van der Waals surface area contributed by atoms with Crippen molar-refractivity contribution >= 4 is 27.7 Å². The van der Waals surface area contributed by atoms with E-state index in [9.17, 15) is 0 Å². The highest BCUT2D eigenvalue weighted by atomic mass is 79.9. The van der Waals surface area contributed by atoms with E-state index in [0.717, 1.165) is 15.1 Å². The Labute approximate surface area is 99.7 Å². The molecule has 0 N–H and O–H groups in total. The van der Waals surface area contributed by atoms with Gasteiger partial charge in [0.1, 0.15) is 11.4 Å². The molecule has 0 atom stereocenters. The SMILES string of the molecule is Cc1cnc(Sc2ncncc2Br)nc1. The van der Waals surface area contributed by atoms with Crippen molar-refractivity contribution < 1.29 is 0 Å². The first-order valence-electron chi connectivity index (χ1n) is 4.18. The third-order valence-electron chi connectivity index (χ3n) is 1.58. The van der Waals surface area contributed by atoms with Gasteiger partial charge in [-0.25, -0.2) is 19.9 Å². The second kappa shape index (κ2) is 4.67. The summed E-state index contributed by atoms with van der Waals surface area (Å²) in [7, 11) is 0. The van der Waals surface area contributed by atoms with Gasteiger partial charge < -0.3 is 0 Å². The average Bonchev–Trinajstić information content (AvgIpc) is 2.25. The van der Waals surface area contributed by atoms with Gasteiger partial charge in [0.15, 0.2) is 5.16 Å². The van der Waals surface area contributed by atoms with Crippen LogP contribution in [0.2, 0.25) is 0 Å². The lowest BCUT2D eigenvalue weighted by molar-refractivity contribution is 0.938. The molecular weight excluding hydrogens is 276 g/mol. The van der Waals surface area contributed by atoms with Gasteiger partial charge in [0, 0.05) is 18.6 Å². The summed E-state index contributed by atoms with van der Waals surface area (Å²) in [4.78, 5) is 16.4. The third-order valence-corrected chi connectivity index (χ3v) is 3.33. The molecule has 4 nitrogen and oxygen atoms in total. The van der Waals surface area contributed by atoms with Gasteiger partial charge in [-0.2, -0.15) is 0 Å². The minimum atomic E-state index is 0.681. The Hall–Kier alpha value is -1.01. The van der Waals surface area contributed by atoms with Crippen LogP contribution in [0.25, 0.3) is 0 Å². The molecule has 0 aliphatic rings. The van der Waals surface area contributed by atoms with Crippen LogP contribution in [0, 0.1) is 6.92 Å². The predicted molar refractivity (Wildman–Crippen MR) is 60.6 cm³/mol. The molecule has 2 heterocycles. The van der Waals surface area contributed by atoms with Crippen molar-refractivity contribution in [2.45, 2.75) is 17.1 Å². The number of hydrogen-bond acceptors (Lipinski definition) is 5. The molecule has 2 aromatic heterocycles. The van der Waals surface area contributed by atoms with Crippen molar-refractivity contribution in [2.24, 2.45) is 0 Å². The topological polar surface area (TPSA) is 51.6 Å². The molecule has 0 unspecified atom stereocenters. The van der Waals surface area contributed by atoms with Crippen LogP contribution in [0.4, 0.5) is 0 Å². The van der Waals surface area contributed by atoms with E-state index >= 15 is 0 Å². The molecule has 2 rings (SSSR count). The van der Waals surface area contributed by atoms with Crippen molar-refractivity contribution in [3.63, 3.8) is 0 Å². The van der Waals surface area contributed by atoms with E-state index in [1.165, 1.54) is 18.1 Å². The molecular formula is C9H7BrN4S. The fourth-order valence-corrected chi connectivity index (χ4v) is 1.99. The first-order valence-corrected chi connectivity index (χ1v) is 5.78. The first kappa shape index (κ1) is 10.5. The quantitative estimate of drug-likeness (QED) is 0.626. The van der Waals surface area contributed by atoms with E-state index in [0.29, 0.717) is 5.16 Å². The molecule has 0 spiro atoms. The summed E-state index contributed by atoms with van der Waals surface area (Å²) in [6.07, 6.45) is 6.76. The smallest absolute Gasteiger partial charge is 0.193 e. The maximum atomic E-state index is 4.19. The predicted octanol–water partition coefficient (Wildman–Crippen LogP) is 2.49. The van der Waals surface area contributed by atoms with Crippen molar-refractivity contribution in [2.75, 3.05) is 0 Å². The fourth-order valence-electron chi connectivity index (χ4n) is 0.896. The summed E-state index contributed by atoms with van der Waals surface area (Å²) >= 11 is 4.77. The molecule has 2 aromatic rings. The van der Waals surface area contributed by atoms with Crippen molar-refractivity contribution in [1.82, 2.24) is 19.9 Å². The first-order chi connectivity index (χ1) is 7.25. The molecule has 0 aliphatic heterocycles. The Bertz CT molecular complexity index is 460. The molecule has 0 saturated heterocycles. The second-order valence-corrected chi connectivity index (χ2v) is 4.63. The molecule has 15 heavy (non-hydrogen) atoms. The van der Waals surface area contributed by atoms with Gasteiger partial charge in [-0.3, -0.25) is 0 Å². The van der Waals surface area contributed by atoms with E-state index in [-0.39, 0.29) is 0 Å². The third kappa shape index (κ3) is 2.73. The average molecular weight is 283 g/mol. The van der Waals surface area contributed by atoms with Gasteiger partial charge in [-0.15, -0.1) is 0 Å². The van der Waals surface area contributed by atoms with E-state index in [4.69, 9.17) is 0 Å². The number of aryl methyl sites for hydroxylation is 1. The lowest BCUT2D eigenvalue weighted by atomic mass is 10.4. The van der Waals surface area contributed by atoms with E-state index < -0.39 is 0 Å². The largest absolute Gasteiger partial charge is 0.244 e. The van der Waals surface area contributed by atoms with Crippen molar-refractivity contribution in [3.05, 3.63) is 35.0 Å². The van der Waals surface area contributed by atoms with Crippen LogP contribution in [0.5, 0.6) is 0 Å². The van der Waals surface area contributed by atoms with Gasteiger partial charge in [-0.05, 0) is 40.2 Å². The van der Waals surface area contributed by atoms with Crippen LogP contribution in [0.1, 0.15) is 5.56 Å². The van der Waals surface area contributed by atoms with Gasteiger partial charge in [0.25, 0.3) is 0 Å². The van der Waals surface area contributed by atoms with Crippen LogP contribution in [0.3, 0.4) is 0 Å². The number of halogens is 1. The van der Waals surface area contributed by atoms with Gasteiger partial charge >= 0.3 is 0 Å². The van der Waals surface area contributed by atoms with Crippen LogP contribution in [-0.4, -0.2) is 19.9 Å². The Morgan fingerprint density at radius 2 is 1.87 bits per heavy atom. The normalized spacial score (nSPS) is 10.3. The highest BCUT2D eigenvalue weighted by Crippen LogP contribution is 2.28. The number of hydrogen-bond donors (Lipinski definition) is 0. The maximum absolute atomic E-state index is 4.19. The van der Waals surface area contributed by atoms with Crippen molar-refractivity contribution in [1.29, 1.82) is 0 Å². The molecule has 0 amide bonds. The Morgan fingerprint density at radius 1 is 1.13 bits per heavy atom. The molecule has 0 aromatic carbocycles. The van der Waals surface area contributed by atoms with Crippen LogP contribution in [-0.2, 0) is 0 Å². The summed E-state index contributed by atoms with van der Waals surface area (Å²) in [6, 6.07) is 0. The summed E-state index contributed by atoms with van der Waals surface area (Å²) in [5.74, 6) is 0. The summed E-state index contributed by atoms with van der Waals surface area (Å²) in [6.45, 7) is 1.95. The Morgan fingerprint density at radius 3 is 2.53 bits per heavy atom. The molecule has 76 valence electrons. The number of nitrogens with zero attached hydrogens (tertiary/aromatic N) is 4. The van der Waals surface area contributed by atoms with Crippen LogP contribution >= 0.6 is 27.7 Å². The zero-order valence-corrected chi connectivity index (χ0v) is 10.3. The minimum Gasteiger partial charge on any atom is -0.244 e. The summed E-state index contributed by atoms with van der Waals surface area (Å²) in [5.41, 5.74) is 1.04. The highest BCUT2D eigenvalue weighted by molar-refractivity contribution is 9.10. The molecule has 6 heteroatoms. The molecule has 0 saturated carbocycles. The lowest BCUT2D eigenvalue weighted by Crippen LogP contribution is -1.89. The molecule has 0 fully saturated rings. The fraction of sp³-hybridized carbons (Fsp3) is 0.111.